The van der Waals surface area contributed by atoms with E-state index in [4.69, 9.17) is 15.2 Å². The first-order valence-electron chi connectivity index (χ1n) is 5.41. The summed E-state index contributed by atoms with van der Waals surface area (Å²) in [4.78, 5) is 2.21. The number of methoxy groups -OCH3 is 2. The molecule has 1 aliphatic carbocycles. The molecule has 2 N–H and O–H groups in total. The Balaban J connectivity index is 2.37. The van der Waals surface area contributed by atoms with E-state index in [1.165, 1.54) is 12.8 Å². The Kier molecular flexibility index (Phi) is 2.81. The summed E-state index contributed by atoms with van der Waals surface area (Å²) in [5, 5.41) is 0. The van der Waals surface area contributed by atoms with Crippen LogP contribution in [-0.4, -0.2) is 27.3 Å². The quantitative estimate of drug-likeness (QED) is 0.790. The zero-order valence-electron chi connectivity index (χ0n) is 9.99. The number of hydrogen-bond donors (Lipinski definition) is 1. The van der Waals surface area contributed by atoms with Gasteiger partial charge < -0.3 is 20.1 Å². The molecule has 4 heteroatoms. The van der Waals surface area contributed by atoms with Crippen LogP contribution < -0.4 is 20.1 Å². The number of ether oxygens (including phenoxy) is 2. The van der Waals surface area contributed by atoms with Gasteiger partial charge in [0.05, 0.1) is 25.6 Å². The van der Waals surface area contributed by atoms with Crippen LogP contribution in [0.2, 0.25) is 0 Å². The van der Waals surface area contributed by atoms with Gasteiger partial charge in [-0.3, -0.25) is 0 Å². The van der Waals surface area contributed by atoms with Crippen LogP contribution in [0.25, 0.3) is 0 Å². The molecule has 0 saturated heterocycles. The maximum Gasteiger partial charge on any atom is 0.162 e. The highest BCUT2D eigenvalue weighted by atomic mass is 16.5. The molecule has 0 bridgehead atoms. The second-order valence-electron chi connectivity index (χ2n) is 4.11. The van der Waals surface area contributed by atoms with Gasteiger partial charge in [-0.05, 0) is 12.8 Å². The van der Waals surface area contributed by atoms with Gasteiger partial charge in [0.15, 0.2) is 11.5 Å². The van der Waals surface area contributed by atoms with Crippen LogP contribution in [0.3, 0.4) is 0 Å². The third-order valence-corrected chi connectivity index (χ3v) is 3.01. The maximum atomic E-state index is 6.01. The molecule has 0 aromatic heterocycles. The monoisotopic (exact) mass is 222 g/mol. The van der Waals surface area contributed by atoms with Crippen LogP contribution in [0.4, 0.5) is 11.4 Å². The van der Waals surface area contributed by atoms with Crippen LogP contribution in [0, 0.1) is 0 Å². The molecule has 1 aromatic rings. The second-order valence-corrected chi connectivity index (χ2v) is 4.11. The van der Waals surface area contributed by atoms with Crippen molar-refractivity contribution in [3.8, 4) is 11.5 Å². The predicted molar refractivity (Wildman–Crippen MR) is 65.4 cm³/mol. The smallest absolute Gasteiger partial charge is 0.162 e. The first-order valence-corrected chi connectivity index (χ1v) is 5.41. The van der Waals surface area contributed by atoms with E-state index in [2.05, 4.69) is 11.9 Å². The lowest BCUT2D eigenvalue weighted by atomic mass is 10.2. The van der Waals surface area contributed by atoms with Crippen LogP contribution in [-0.2, 0) is 0 Å². The van der Waals surface area contributed by atoms with Crippen molar-refractivity contribution in [2.45, 2.75) is 18.9 Å². The van der Waals surface area contributed by atoms with Crippen molar-refractivity contribution < 1.29 is 9.47 Å². The van der Waals surface area contributed by atoms with Crippen LogP contribution >= 0.6 is 0 Å². The van der Waals surface area contributed by atoms with E-state index in [0.717, 1.165) is 17.1 Å². The predicted octanol–water partition coefficient (Wildman–Crippen LogP) is 1.88. The molecule has 0 radical (unpaired) electrons. The van der Waals surface area contributed by atoms with Crippen molar-refractivity contribution in [1.82, 2.24) is 0 Å². The van der Waals surface area contributed by atoms with Gasteiger partial charge in [-0.1, -0.05) is 0 Å². The minimum Gasteiger partial charge on any atom is -0.493 e. The van der Waals surface area contributed by atoms with Crippen molar-refractivity contribution in [1.29, 1.82) is 0 Å². The standard InChI is InChI=1S/C12H18N2O2/c1-14(8-4-5-8)10-7-12(16-3)11(15-2)6-9(10)13/h6-8H,4-5,13H2,1-3H3. The lowest BCUT2D eigenvalue weighted by molar-refractivity contribution is 0.355. The zero-order chi connectivity index (χ0) is 11.7. The first kappa shape index (κ1) is 10.9. The van der Waals surface area contributed by atoms with E-state index in [0.29, 0.717) is 11.8 Å². The molecule has 1 fully saturated rings. The second kappa shape index (κ2) is 4.12. The number of anilines is 2. The molecule has 2 rings (SSSR count). The van der Waals surface area contributed by atoms with Crippen LogP contribution in [0.15, 0.2) is 12.1 Å². The van der Waals surface area contributed by atoms with Crippen LogP contribution in [0.1, 0.15) is 12.8 Å². The normalized spacial score (nSPS) is 14.7. The number of nitrogens with zero attached hydrogens (tertiary/aromatic N) is 1. The van der Waals surface area contributed by atoms with Gasteiger partial charge in [0.2, 0.25) is 0 Å². The molecule has 88 valence electrons. The summed E-state index contributed by atoms with van der Waals surface area (Å²) in [5.41, 5.74) is 7.75. The SMILES string of the molecule is COc1cc(N)c(N(C)C2CC2)cc1OC. The molecule has 0 unspecified atom stereocenters. The molecule has 0 aliphatic heterocycles. The van der Waals surface area contributed by atoms with Crippen LogP contribution in [0.5, 0.6) is 11.5 Å². The summed E-state index contributed by atoms with van der Waals surface area (Å²) in [6, 6.07) is 4.37. The zero-order valence-corrected chi connectivity index (χ0v) is 9.99. The number of benzene rings is 1. The summed E-state index contributed by atoms with van der Waals surface area (Å²) in [7, 11) is 5.31. The van der Waals surface area contributed by atoms with E-state index >= 15 is 0 Å². The Morgan fingerprint density at radius 3 is 2.25 bits per heavy atom. The highest BCUT2D eigenvalue weighted by molar-refractivity contribution is 5.73. The minimum atomic E-state index is 0.625. The van der Waals surface area contributed by atoms with Gasteiger partial charge in [-0.25, -0.2) is 0 Å². The van der Waals surface area contributed by atoms with Crippen molar-refractivity contribution >= 4 is 11.4 Å². The fourth-order valence-corrected chi connectivity index (χ4v) is 1.85. The lowest BCUT2D eigenvalue weighted by Crippen LogP contribution is -2.20. The first-order chi connectivity index (χ1) is 7.67. The minimum absolute atomic E-state index is 0.625. The summed E-state index contributed by atoms with van der Waals surface area (Å²) >= 11 is 0. The van der Waals surface area contributed by atoms with E-state index in [1.54, 1.807) is 14.2 Å². The largest absolute Gasteiger partial charge is 0.493 e. The van der Waals surface area contributed by atoms with Crippen molar-refractivity contribution in [2.75, 3.05) is 31.9 Å². The van der Waals surface area contributed by atoms with Gasteiger partial charge in [0.25, 0.3) is 0 Å². The fourth-order valence-electron chi connectivity index (χ4n) is 1.85. The van der Waals surface area contributed by atoms with Crippen molar-refractivity contribution in [3.05, 3.63) is 12.1 Å². The molecule has 0 spiro atoms. The highest BCUT2D eigenvalue weighted by Gasteiger charge is 2.28. The van der Waals surface area contributed by atoms with Crippen molar-refractivity contribution in [3.63, 3.8) is 0 Å². The molecule has 1 aliphatic rings. The molecular formula is C12H18N2O2. The van der Waals surface area contributed by atoms with Gasteiger partial charge in [0.1, 0.15) is 0 Å². The molecule has 1 aromatic carbocycles. The number of rotatable bonds is 4. The lowest BCUT2D eigenvalue weighted by Gasteiger charge is -2.22. The molecule has 4 nitrogen and oxygen atoms in total. The summed E-state index contributed by atoms with van der Waals surface area (Å²) in [5.74, 6) is 1.40. The summed E-state index contributed by atoms with van der Waals surface area (Å²) in [6.07, 6.45) is 2.48. The Labute approximate surface area is 95.9 Å². The number of hydrogen-bond acceptors (Lipinski definition) is 4. The maximum absolute atomic E-state index is 6.01. The van der Waals surface area contributed by atoms with E-state index in [-0.39, 0.29) is 0 Å². The van der Waals surface area contributed by atoms with E-state index < -0.39 is 0 Å². The Bertz CT molecular complexity index is 389. The Hall–Kier alpha value is -1.58. The Morgan fingerprint density at radius 1 is 1.19 bits per heavy atom. The Morgan fingerprint density at radius 2 is 1.75 bits per heavy atom. The number of nitrogen functional groups attached to an aromatic ring is 1. The molecule has 16 heavy (non-hydrogen) atoms. The molecular weight excluding hydrogens is 204 g/mol. The van der Waals surface area contributed by atoms with Gasteiger partial charge in [-0.15, -0.1) is 0 Å². The van der Waals surface area contributed by atoms with E-state index in [1.807, 2.05) is 12.1 Å². The average Bonchev–Trinajstić information content (AvgIpc) is 3.11. The highest BCUT2D eigenvalue weighted by Crippen LogP contribution is 2.39. The van der Waals surface area contributed by atoms with Gasteiger partial charge in [-0.2, -0.15) is 0 Å². The molecule has 0 heterocycles. The third-order valence-electron chi connectivity index (χ3n) is 3.01. The topological polar surface area (TPSA) is 47.7 Å². The fraction of sp³-hybridized carbons (Fsp3) is 0.500. The van der Waals surface area contributed by atoms with Gasteiger partial charge >= 0.3 is 0 Å². The summed E-state index contributed by atoms with van der Waals surface area (Å²) in [6.45, 7) is 0. The van der Waals surface area contributed by atoms with E-state index in [9.17, 15) is 0 Å². The molecule has 0 atom stereocenters. The molecule has 0 amide bonds. The number of nitrogens with two attached hydrogens (primary N) is 1. The van der Waals surface area contributed by atoms with Crippen molar-refractivity contribution in [2.24, 2.45) is 0 Å². The summed E-state index contributed by atoms with van der Waals surface area (Å²) < 4.78 is 10.5. The van der Waals surface area contributed by atoms with Gasteiger partial charge in [0, 0.05) is 25.2 Å². The molecule has 1 saturated carbocycles. The average molecular weight is 222 g/mol. The third kappa shape index (κ3) is 1.87.